The molecule has 0 saturated heterocycles. The molecule has 0 aliphatic carbocycles. The first kappa shape index (κ1) is 17.1. The highest BCUT2D eigenvalue weighted by Crippen LogP contribution is 2.20. The van der Waals surface area contributed by atoms with Crippen LogP contribution in [-0.4, -0.2) is 25.0 Å². The normalized spacial score (nSPS) is 11.0. The Bertz CT molecular complexity index is 1060. The Morgan fingerprint density at radius 3 is 2.56 bits per heavy atom. The van der Waals surface area contributed by atoms with Gasteiger partial charge in [-0.15, -0.1) is 5.10 Å². The first-order chi connectivity index (χ1) is 13.2. The van der Waals surface area contributed by atoms with Crippen molar-refractivity contribution >= 4 is 17.0 Å². The summed E-state index contributed by atoms with van der Waals surface area (Å²) >= 11 is 0. The number of rotatable bonds is 6. The maximum atomic E-state index is 13.9. The second-order valence-electron chi connectivity index (χ2n) is 6.19. The zero-order valence-corrected chi connectivity index (χ0v) is 14.9. The molecule has 0 aliphatic heterocycles. The summed E-state index contributed by atoms with van der Waals surface area (Å²) in [5.41, 5.74) is 2.93. The number of hydrogen-bond acceptors (Lipinski definition) is 5. The molecular formula is C20H19FN6. The highest BCUT2D eigenvalue weighted by molar-refractivity contribution is 5.82. The predicted octanol–water partition coefficient (Wildman–Crippen LogP) is 3.58. The Hall–Kier alpha value is -3.35. The summed E-state index contributed by atoms with van der Waals surface area (Å²) < 4.78 is 15.7. The summed E-state index contributed by atoms with van der Waals surface area (Å²) in [6, 6.07) is 16.7. The van der Waals surface area contributed by atoms with E-state index in [1.807, 2.05) is 43.3 Å². The first-order valence-corrected chi connectivity index (χ1v) is 8.86. The number of halogens is 1. The van der Waals surface area contributed by atoms with Crippen LogP contribution in [0.5, 0.6) is 0 Å². The lowest BCUT2D eigenvalue weighted by Gasteiger charge is -2.09. The molecular weight excluding hydrogens is 343 g/mol. The van der Waals surface area contributed by atoms with Crippen LogP contribution in [0, 0.1) is 5.82 Å². The third kappa shape index (κ3) is 3.62. The van der Waals surface area contributed by atoms with Gasteiger partial charge in [0.25, 0.3) is 0 Å². The van der Waals surface area contributed by atoms with Crippen LogP contribution in [0.3, 0.4) is 0 Å². The highest BCUT2D eigenvalue weighted by Gasteiger charge is 2.15. The van der Waals surface area contributed by atoms with Crippen LogP contribution in [-0.2, 0) is 19.5 Å². The minimum atomic E-state index is -0.251. The fourth-order valence-electron chi connectivity index (χ4n) is 2.87. The summed E-state index contributed by atoms with van der Waals surface area (Å²) in [4.78, 5) is 9.12. The Balaban J connectivity index is 1.67. The van der Waals surface area contributed by atoms with Gasteiger partial charge in [-0.25, -0.2) is 19.0 Å². The Morgan fingerprint density at radius 2 is 1.78 bits per heavy atom. The molecule has 0 saturated carbocycles. The van der Waals surface area contributed by atoms with Crippen LogP contribution in [0.2, 0.25) is 0 Å². The molecule has 4 rings (SSSR count). The first-order valence-electron chi connectivity index (χ1n) is 8.86. The largest absolute Gasteiger partial charge is 0.364 e. The average molecular weight is 362 g/mol. The maximum Gasteiger partial charge on any atom is 0.184 e. The molecule has 7 heteroatoms. The van der Waals surface area contributed by atoms with Crippen molar-refractivity contribution in [2.24, 2.45) is 0 Å². The summed E-state index contributed by atoms with van der Waals surface area (Å²) in [5, 5.41) is 11.7. The molecule has 2 heterocycles. The lowest BCUT2D eigenvalue weighted by atomic mass is 10.2. The molecule has 0 atom stereocenters. The van der Waals surface area contributed by atoms with Crippen molar-refractivity contribution in [1.29, 1.82) is 0 Å². The number of fused-ring (bicyclic) bond motifs is 1. The van der Waals surface area contributed by atoms with Crippen molar-refractivity contribution in [2.75, 3.05) is 5.32 Å². The summed E-state index contributed by atoms with van der Waals surface area (Å²) in [6.07, 6.45) is 0.681. The van der Waals surface area contributed by atoms with Gasteiger partial charge in [-0.2, -0.15) is 0 Å². The summed E-state index contributed by atoms with van der Waals surface area (Å²) in [5.74, 6) is 1.01. The molecule has 136 valence electrons. The Labute approximate surface area is 156 Å². The van der Waals surface area contributed by atoms with E-state index in [2.05, 4.69) is 25.6 Å². The Morgan fingerprint density at radius 1 is 1.00 bits per heavy atom. The van der Waals surface area contributed by atoms with E-state index in [0.717, 1.165) is 5.56 Å². The van der Waals surface area contributed by atoms with Crippen molar-refractivity contribution in [3.63, 3.8) is 0 Å². The van der Waals surface area contributed by atoms with Crippen molar-refractivity contribution in [3.05, 3.63) is 77.4 Å². The number of benzene rings is 2. The zero-order valence-electron chi connectivity index (χ0n) is 14.9. The van der Waals surface area contributed by atoms with Gasteiger partial charge in [0.1, 0.15) is 11.6 Å². The van der Waals surface area contributed by atoms with E-state index in [4.69, 9.17) is 0 Å². The van der Waals surface area contributed by atoms with Gasteiger partial charge >= 0.3 is 0 Å². The molecule has 0 amide bonds. The standard InChI is InChI=1S/C20H19FN6/c1-2-17-23-19(22-12-15-10-6-7-11-16(15)21)18-20(24-17)27(26-25-18)13-14-8-4-3-5-9-14/h3-11H,2,12-13H2,1H3,(H,22,23,24). The van der Waals surface area contributed by atoms with Gasteiger partial charge < -0.3 is 5.32 Å². The van der Waals surface area contributed by atoms with Crippen LogP contribution in [0.4, 0.5) is 10.2 Å². The second kappa shape index (κ2) is 7.49. The summed E-state index contributed by atoms with van der Waals surface area (Å²) in [6.45, 7) is 2.88. The van der Waals surface area contributed by atoms with E-state index in [1.165, 1.54) is 6.07 Å². The van der Waals surface area contributed by atoms with Crippen LogP contribution >= 0.6 is 0 Å². The van der Waals surface area contributed by atoms with E-state index in [9.17, 15) is 4.39 Å². The number of aryl methyl sites for hydroxylation is 1. The fourth-order valence-corrected chi connectivity index (χ4v) is 2.87. The lowest BCUT2D eigenvalue weighted by Crippen LogP contribution is -2.08. The van der Waals surface area contributed by atoms with Crippen molar-refractivity contribution < 1.29 is 4.39 Å². The third-order valence-electron chi connectivity index (χ3n) is 4.30. The van der Waals surface area contributed by atoms with Gasteiger partial charge in [-0.3, -0.25) is 0 Å². The smallest absolute Gasteiger partial charge is 0.184 e. The molecule has 0 aliphatic rings. The average Bonchev–Trinajstić information content (AvgIpc) is 3.10. The number of aromatic nitrogens is 5. The number of nitrogens with one attached hydrogen (secondary N) is 1. The van der Waals surface area contributed by atoms with Gasteiger partial charge in [-0.1, -0.05) is 60.7 Å². The molecule has 0 radical (unpaired) electrons. The Kier molecular flexibility index (Phi) is 4.74. The second-order valence-corrected chi connectivity index (χ2v) is 6.19. The van der Waals surface area contributed by atoms with Crippen molar-refractivity contribution in [2.45, 2.75) is 26.4 Å². The highest BCUT2D eigenvalue weighted by atomic mass is 19.1. The van der Waals surface area contributed by atoms with E-state index in [0.29, 0.717) is 47.9 Å². The number of nitrogens with zero attached hydrogens (tertiary/aromatic N) is 5. The molecule has 4 aromatic rings. The van der Waals surface area contributed by atoms with Crippen LogP contribution in [0.25, 0.3) is 11.2 Å². The van der Waals surface area contributed by atoms with E-state index >= 15 is 0 Å². The van der Waals surface area contributed by atoms with E-state index in [1.54, 1.807) is 16.8 Å². The minimum Gasteiger partial charge on any atom is -0.364 e. The predicted molar refractivity (Wildman–Crippen MR) is 102 cm³/mol. The SMILES string of the molecule is CCc1nc(NCc2ccccc2F)c2nnn(Cc3ccccc3)c2n1. The zero-order chi connectivity index (χ0) is 18.6. The van der Waals surface area contributed by atoms with Gasteiger partial charge in [0.05, 0.1) is 6.54 Å². The molecule has 6 nitrogen and oxygen atoms in total. The van der Waals surface area contributed by atoms with E-state index < -0.39 is 0 Å². The fraction of sp³-hybridized carbons (Fsp3) is 0.200. The monoisotopic (exact) mass is 362 g/mol. The molecule has 0 fully saturated rings. The molecule has 0 spiro atoms. The van der Waals surface area contributed by atoms with Gasteiger partial charge in [0.2, 0.25) is 0 Å². The summed E-state index contributed by atoms with van der Waals surface area (Å²) in [7, 11) is 0. The molecule has 0 unspecified atom stereocenters. The molecule has 0 bridgehead atoms. The lowest BCUT2D eigenvalue weighted by molar-refractivity contribution is 0.613. The van der Waals surface area contributed by atoms with Crippen LogP contribution in [0.15, 0.2) is 54.6 Å². The van der Waals surface area contributed by atoms with Gasteiger partial charge in [-0.05, 0) is 11.6 Å². The topological polar surface area (TPSA) is 68.5 Å². The van der Waals surface area contributed by atoms with E-state index in [-0.39, 0.29) is 5.82 Å². The number of anilines is 1. The molecule has 2 aromatic heterocycles. The molecule has 2 aromatic carbocycles. The maximum absolute atomic E-state index is 13.9. The van der Waals surface area contributed by atoms with Crippen molar-refractivity contribution in [1.82, 2.24) is 25.0 Å². The van der Waals surface area contributed by atoms with Crippen molar-refractivity contribution in [3.8, 4) is 0 Å². The third-order valence-corrected chi connectivity index (χ3v) is 4.30. The molecule has 27 heavy (non-hydrogen) atoms. The van der Waals surface area contributed by atoms with Crippen LogP contribution < -0.4 is 5.32 Å². The quantitative estimate of drug-likeness (QED) is 0.568. The minimum absolute atomic E-state index is 0.251. The van der Waals surface area contributed by atoms with Crippen LogP contribution in [0.1, 0.15) is 23.9 Å². The van der Waals surface area contributed by atoms with Gasteiger partial charge in [0, 0.05) is 18.5 Å². The number of hydrogen-bond donors (Lipinski definition) is 1. The molecule has 1 N–H and O–H groups in total. The van der Waals surface area contributed by atoms with Gasteiger partial charge in [0.15, 0.2) is 17.0 Å².